The Morgan fingerprint density at radius 2 is 1.84 bits per heavy atom. The first-order valence-electron chi connectivity index (χ1n) is 9.61. The molecule has 31 heavy (non-hydrogen) atoms. The van der Waals surface area contributed by atoms with Gasteiger partial charge < -0.3 is 10.2 Å². The Morgan fingerprint density at radius 1 is 1.13 bits per heavy atom. The van der Waals surface area contributed by atoms with Gasteiger partial charge in [-0.1, -0.05) is 0 Å². The summed E-state index contributed by atoms with van der Waals surface area (Å²) in [5.41, 5.74) is 2.19. The van der Waals surface area contributed by atoms with Crippen LogP contribution in [0.15, 0.2) is 42.5 Å². The van der Waals surface area contributed by atoms with Crippen LogP contribution in [0.3, 0.4) is 0 Å². The highest BCUT2D eigenvalue weighted by atomic mass is 32.2. The predicted octanol–water partition coefficient (Wildman–Crippen LogP) is 3.61. The van der Waals surface area contributed by atoms with Crippen molar-refractivity contribution in [3.8, 4) is 0 Å². The minimum absolute atomic E-state index is 0.168. The molecule has 0 aliphatic carbocycles. The van der Waals surface area contributed by atoms with Crippen LogP contribution in [0.4, 0.5) is 15.9 Å². The molecule has 0 radical (unpaired) electrons. The molecule has 1 heterocycles. The van der Waals surface area contributed by atoms with E-state index in [0.717, 1.165) is 29.0 Å². The van der Waals surface area contributed by atoms with Crippen molar-refractivity contribution >= 4 is 38.3 Å². The molecular formula is C22H25FN4O3S. The molecule has 9 heteroatoms. The van der Waals surface area contributed by atoms with Crippen molar-refractivity contribution in [1.82, 2.24) is 10.3 Å². The lowest BCUT2D eigenvalue weighted by Crippen LogP contribution is -2.27. The fraction of sp³-hybridized carbons (Fsp3) is 0.273. The van der Waals surface area contributed by atoms with Crippen LogP contribution in [-0.2, 0) is 10.0 Å². The molecular weight excluding hydrogens is 419 g/mol. The highest BCUT2D eigenvalue weighted by Crippen LogP contribution is 2.26. The van der Waals surface area contributed by atoms with Crippen molar-refractivity contribution in [2.75, 3.05) is 30.0 Å². The van der Waals surface area contributed by atoms with Crippen LogP contribution in [-0.4, -0.2) is 39.7 Å². The van der Waals surface area contributed by atoms with E-state index in [9.17, 15) is 17.6 Å². The third-order valence-corrected chi connectivity index (χ3v) is 5.44. The van der Waals surface area contributed by atoms with E-state index in [1.807, 2.05) is 31.1 Å². The second-order valence-corrected chi connectivity index (χ2v) is 9.48. The first-order chi connectivity index (χ1) is 14.4. The van der Waals surface area contributed by atoms with Crippen molar-refractivity contribution in [2.45, 2.75) is 19.9 Å². The lowest BCUT2D eigenvalue weighted by molar-refractivity contribution is 0.0939. The molecule has 3 aromatic rings. The van der Waals surface area contributed by atoms with Crippen LogP contribution in [0.2, 0.25) is 0 Å². The highest BCUT2D eigenvalue weighted by Gasteiger charge is 2.18. The number of hydrogen-bond acceptors (Lipinski definition) is 5. The van der Waals surface area contributed by atoms with E-state index in [0.29, 0.717) is 11.1 Å². The molecule has 1 aromatic heterocycles. The molecule has 0 bridgehead atoms. The van der Waals surface area contributed by atoms with Gasteiger partial charge in [0.1, 0.15) is 11.6 Å². The zero-order chi connectivity index (χ0) is 22.9. The Labute approximate surface area is 181 Å². The van der Waals surface area contributed by atoms with E-state index >= 15 is 0 Å². The first-order valence-corrected chi connectivity index (χ1v) is 11.5. The second-order valence-electron chi connectivity index (χ2n) is 7.73. The maximum atomic E-state index is 14.6. The average molecular weight is 445 g/mol. The Bertz CT molecular complexity index is 1260. The quantitative estimate of drug-likeness (QED) is 0.606. The van der Waals surface area contributed by atoms with E-state index in [1.165, 1.54) is 6.07 Å². The van der Waals surface area contributed by atoms with Crippen molar-refractivity contribution in [2.24, 2.45) is 0 Å². The van der Waals surface area contributed by atoms with Crippen molar-refractivity contribution in [1.29, 1.82) is 0 Å². The zero-order valence-corrected chi connectivity index (χ0v) is 18.8. The summed E-state index contributed by atoms with van der Waals surface area (Å²) in [6.07, 6.45) is 1.00. The van der Waals surface area contributed by atoms with Crippen LogP contribution >= 0.6 is 0 Å². The van der Waals surface area contributed by atoms with E-state index in [2.05, 4.69) is 15.0 Å². The molecule has 164 valence electrons. The number of fused-ring (bicyclic) bond motifs is 1. The number of carbonyl (C=O) groups is 1. The summed E-state index contributed by atoms with van der Waals surface area (Å²) in [6, 6.07) is 11.0. The fourth-order valence-electron chi connectivity index (χ4n) is 3.21. The number of halogens is 1. The molecule has 2 N–H and O–H groups in total. The van der Waals surface area contributed by atoms with Gasteiger partial charge >= 0.3 is 0 Å². The Hall–Kier alpha value is -3.20. The average Bonchev–Trinajstić information content (AvgIpc) is 2.68. The molecule has 0 saturated heterocycles. The topological polar surface area (TPSA) is 91.4 Å². The minimum Gasteiger partial charge on any atom is -0.363 e. The van der Waals surface area contributed by atoms with Gasteiger partial charge in [0.2, 0.25) is 10.0 Å². The van der Waals surface area contributed by atoms with Crippen LogP contribution < -0.4 is 14.9 Å². The van der Waals surface area contributed by atoms with Crippen LogP contribution in [0.1, 0.15) is 34.5 Å². The number of pyridine rings is 1. The molecule has 1 atom stereocenters. The number of hydrogen-bond donors (Lipinski definition) is 2. The van der Waals surface area contributed by atoms with Crippen LogP contribution in [0, 0.1) is 12.7 Å². The van der Waals surface area contributed by atoms with E-state index in [4.69, 9.17) is 0 Å². The molecule has 7 nitrogen and oxygen atoms in total. The molecule has 2 aromatic carbocycles. The summed E-state index contributed by atoms with van der Waals surface area (Å²) in [5, 5.41) is 3.62. The number of nitrogens with zero attached hydrogens (tertiary/aromatic N) is 2. The van der Waals surface area contributed by atoms with E-state index < -0.39 is 21.9 Å². The summed E-state index contributed by atoms with van der Waals surface area (Å²) in [6.45, 7) is 3.34. The number of nitrogens with one attached hydrogen (secondary N) is 2. The number of aryl methyl sites for hydroxylation is 1. The summed E-state index contributed by atoms with van der Waals surface area (Å²) in [4.78, 5) is 19.2. The Morgan fingerprint density at radius 3 is 2.48 bits per heavy atom. The summed E-state index contributed by atoms with van der Waals surface area (Å²) in [5.74, 6) is -0.136. The molecule has 0 unspecified atom stereocenters. The molecule has 0 aliphatic rings. The van der Waals surface area contributed by atoms with Crippen LogP contribution in [0.25, 0.3) is 10.9 Å². The van der Waals surface area contributed by atoms with Gasteiger partial charge in [-0.3, -0.25) is 9.52 Å². The second kappa shape index (κ2) is 8.50. The lowest BCUT2D eigenvalue weighted by Gasteiger charge is -2.18. The van der Waals surface area contributed by atoms with Gasteiger partial charge in [-0.15, -0.1) is 0 Å². The predicted molar refractivity (Wildman–Crippen MR) is 122 cm³/mol. The van der Waals surface area contributed by atoms with Gasteiger partial charge in [0.15, 0.2) is 0 Å². The van der Waals surface area contributed by atoms with Gasteiger partial charge in [-0.2, -0.15) is 0 Å². The molecule has 0 aliphatic heterocycles. The van der Waals surface area contributed by atoms with Gasteiger partial charge in [-0.05, 0) is 61.9 Å². The monoisotopic (exact) mass is 444 g/mol. The van der Waals surface area contributed by atoms with Crippen molar-refractivity contribution < 1.29 is 17.6 Å². The summed E-state index contributed by atoms with van der Waals surface area (Å²) >= 11 is 0. The third kappa shape index (κ3) is 5.29. The number of benzene rings is 2. The number of rotatable bonds is 6. The Balaban J connectivity index is 1.81. The molecule has 0 saturated carbocycles. The number of amides is 1. The minimum atomic E-state index is -3.52. The standard InChI is InChI=1S/C22H25FN4O3S/c1-13-10-17(18(23)12-20(13)26-31(5,29)30)14(2)24-22(28)16-6-8-19-15(11-16)7-9-21(25-19)27(3)4/h6-12,14,26H,1-5H3,(H,24,28)/t14-/m0/s1. The molecule has 0 fully saturated rings. The number of carbonyl (C=O) groups excluding carboxylic acids is 1. The van der Waals surface area contributed by atoms with Gasteiger partial charge in [0, 0.05) is 30.6 Å². The number of anilines is 2. The number of aromatic nitrogens is 1. The summed E-state index contributed by atoms with van der Waals surface area (Å²) < 4.78 is 39.8. The van der Waals surface area contributed by atoms with Crippen molar-refractivity contribution in [3.63, 3.8) is 0 Å². The highest BCUT2D eigenvalue weighted by molar-refractivity contribution is 7.92. The smallest absolute Gasteiger partial charge is 0.251 e. The van der Waals surface area contributed by atoms with Gasteiger partial charge in [-0.25, -0.2) is 17.8 Å². The molecule has 1 amide bonds. The normalized spacial score (nSPS) is 12.5. The van der Waals surface area contributed by atoms with Crippen LogP contribution in [0.5, 0.6) is 0 Å². The maximum Gasteiger partial charge on any atom is 0.251 e. The van der Waals surface area contributed by atoms with Crippen molar-refractivity contribution in [3.05, 3.63) is 65.0 Å². The fourth-order valence-corrected chi connectivity index (χ4v) is 3.83. The van der Waals surface area contributed by atoms with E-state index in [1.54, 1.807) is 32.0 Å². The van der Waals surface area contributed by atoms with Gasteiger partial charge in [0.05, 0.1) is 23.5 Å². The maximum absolute atomic E-state index is 14.6. The molecule has 0 spiro atoms. The SMILES string of the molecule is Cc1cc([C@H](C)NC(=O)c2ccc3nc(N(C)C)ccc3c2)c(F)cc1NS(C)(=O)=O. The lowest BCUT2D eigenvalue weighted by atomic mass is 10.0. The molecule has 3 rings (SSSR count). The largest absolute Gasteiger partial charge is 0.363 e. The number of sulfonamides is 1. The van der Waals surface area contributed by atoms with Gasteiger partial charge in [0.25, 0.3) is 5.91 Å². The summed E-state index contributed by atoms with van der Waals surface area (Å²) in [7, 11) is 0.285. The van der Waals surface area contributed by atoms with E-state index in [-0.39, 0.29) is 17.2 Å². The Kier molecular flexibility index (Phi) is 6.17. The zero-order valence-electron chi connectivity index (χ0n) is 18.0. The first kappa shape index (κ1) is 22.5. The third-order valence-electron chi connectivity index (χ3n) is 4.85.